The van der Waals surface area contributed by atoms with E-state index in [0.29, 0.717) is 22.6 Å². The van der Waals surface area contributed by atoms with Crippen molar-refractivity contribution in [2.45, 2.75) is 19.9 Å². The number of phenolic OH excluding ortho intramolecular Hbond substituents is 1. The van der Waals surface area contributed by atoms with Gasteiger partial charge in [-0.3, -0.25) is 4.79 Å². The number of phenols is 1. The minimum absolute atomic E-state index is 0.0915. The van der Waals surface area contributed by atoms with Crippen LogP contribution in [0.15, 0.2) is 78.0 Å². The number of aromatic hydroxyl groups is 1. The largest absolute Gasteiger partial charge is 0.507 e. The van der Waals surface area contributed by atoms with Crippen molar-refractivity contribution in [3.05, 3.63) is 89.1 Å². The van der Waals surface area contributed by atoms with Crippen molar-refractivity contribution in [1.29, 1.82) is 5.26 Å². The summed E-state index contributed by atoms with van der Waals surface area (Å²) < 4.78 is 5.94. The average Bonchev–Trinajstić information content (AvgIpc) is 2.90. The van der Waals surface area contributed by atoms with E-state index in [1.54, 1.807) is 12.1 Å². The number of carbonyl (C=O) groups is 1. The number of rotatable bonds is 4. The van der Waals surface area contributed by atoms with Crippen molar-refractivity contribution in [2.24, 2.45) is 0 Å². The molecule has 3 aromatic carbocycles. The second kappa shape index (κ2) is 8.25. The zero-order valence-electron chi connectivity index (χ0n) is 17.1. The SMILES string of the molecule is CC(=O)C1=C(C)Nc2cc(Oc3ccccc3)ccc2NC1c1ccc(O)c(C#N)c1. The first-order valence-electron chi connectivity index (χ1n) is 9.81. The Hall–Kier alpha value is -4.24. The van der Waals surface area contributed by atoms with Gasteiger partial charge in [-0.2, -0.15) is 5.26 Å². The number of hydrogen-bond acceptors (Lipinski definition) is 6. The van der Waals surface area contributed by atoms with Crippen LogP contribution < -0.4 is 15.4 Å². The number of nitrogens with one attached hydrogen (secondary N) is 2. The van der Waals surface area contributed by atoms with Gasteiger partial charge in [0.15, 0.2) is 5.78 Å². The van der Waals surface area contributed by atoms with E-state index in [1.807, 2.05) is 61.5 Å². The molecule has 0 spiro atoms. The van der Waals surface area contributed by atoms with Crippen molar-refractivity contribution < 1.29 is 14.6 Å². The third-order valence-corrected chi connectivity index (χ3v) is 5.14. The molecule has 0 radical (unpaired) electrons. The lowest BCUT2D eigenvalue weighted by Gasteiger charge is -2.22. The highest BCUT2D eigenvalue weighted by Gasteiger charge is 2.27. The molecule has 1 atom stereocenters. The molecule has 1 aliphatic heterocycles. The summed E-state index contributed by atoms with van der Waals surface area (Å²) >= 11 is 0. The van der Waals surface area contributed by atoms with Crippen LogP contribution in [0.25, 0.3) is 0 Å². The van der Waals surface area contributed by atoms with Crippen LogP contribution in [0.3, 0.4) is 0 Å². The fourth-order valence-corrected chi connectivity index (χ4v) is 3.69. The van der Waals surface area contributed by atoms with E-state index in [1.165, 1.54) is 13.0 Å². The highest BCUT2D eigenvalue weighted by Crippen LogP contribution is 2.39. The second-order valence-corrected chi connectivity index (χ2v) is 7.31. The van der Waals surface area contributed by atoms with Crippen LogP contribution in [0.2, 0.25) is 0 Å². The third-order valence-electron chi connectivity index (χ3n) is 5.14. The molecule has 4 rings (SSSR count). The maximum atomic E-state index is 12.5. The Balaban J connectivity index is 1.75. The molecule has 1 unspecified atom stereocenters. The van der Waals surface area contributed by atoms with Crippen LogP contribution >= 0.6 is 0 Å². The van der Waals surface area contributed by atoms with Gasteiger partial charge in [0.05, 0.1) is 23.0 Å². The molecule has 6 heteroatoms. The lowest BCUT2D eigenvalue weighted by Crippen LogP contribution is -2.18. The van der Waals surface area contributed by atoms with Crippen molar-refractivity contribution in [1.82, 2.24) is 0 Å². The smallest absolute Gasteiger partial charge is 0.159 e. The molecule has 6 nitrogen and oxygen atoms in total. The maximum Gasteiger partial charge on any atom is 0.159 e. The van der Waals surface area contributed by atoms with Crippen molar-refractivity contribution in [3.63, 3.8) is 0 Å². The molecule has 31 heavy (non-hydrogen) atoms. The molecular weight excluding hydrogens is 390 g/mol. The molecule has 3 N–H and O–H groups in total. The summed E-state index contributed by atoms with van der Waals surface area (Å²) in [7, 11) is 0. The summed E-state index contributed by atoms with van der Waals surface area (Å²) in [6, 6.07) is 21.4. The lowest BCUT2D eigenvalue weighted by atomic mass is 9.93. The van der Waals surface area contributed by atoms with Crippen molar-refractivity contribution >= 4 is 17.2 Å². The van der Waals surface area contributed by atoms with Crippen LogP contribution in [0, 0.1) is 11.3 Å². The molecule has 1 heterocycles. The number of allylic oxidation sites excluding steroid dienone is 1. The van der Waals surface area contributed by atoms with Gasteiger partial charge in [0.1, 0.15) is 23.3 Å². The number of fused-ring (bicyclic) bond motifs is 1. The molecule has 0 bridgehead atoms. The van der Waals surface area contributed by atoms with E-state index in [-0.39, 0.29) is 17.1 Å². The van der Waals surface area contributed by atoms with E-state index >= 15 is 0 Å². The van der Waals surface area contributed by atoms with Crippen LogP contribution in [-0.4, -0.2) is 10.9 Å². The van der Waals surface area contributed by atoms with E-state index in [4.69, 9.17) is 4.74 Å². The topological polar surface area (TPSA) is 94.4 Å². The maximum absolute atomic E-state index is 12.5. The Morgan fingerprint density at radius 1 is 1.03 bits per heavy atom. The van der Waals surface area contributed by atoms with Crippen LogP contribution in [-0.2, 0) is 4.79 Å². The number of carbonyl (C=O) groups excluding carboxylic acids is 1. The quantitative estimate of drug-likeness (QED) is 0.525. The standard InChI is InChI=1S/C25H21N3O3/c1-15-24(16(2)29)25(17-8-11-23(30)18(12-17)14-26)28-21-10-9-20(13-22(21)27-15)31-19-6-4-3-5-7-19/h3-13,25,27-28,30H,1-2H3. The summed E-state index contributed by atoms with van der Waals surface area (Å²) in [5, 5.41) is 25.9. The van der Waals surface area contributed by atoms with E-state index in [9.17, 15) is 15.2 Å². The number of ketones is 1. The molecule has 0 fully saturated rings. The van der Waals surface area contributed by atoms with Gasteiger partial charge in [-0.25, -0.2) is 0 Å². The Labute approximate surface area is 180 Å². The van der Waals surface area contributed by atoms with E-state index < -0.39 is 6.04 Å². The number of nitrogens with zero attached hydrogens (tertiary/aromatic N) is 1. The molecule has 0 amide bonds. The van der Waals surface area contributed by atoms with Gasteiger partial charge in [-0.05, 0) is 55.8 Å². The van der Waals surface area contributed by atoms with Crippen LogP contribution in [0.1, 0.15) is 31.0 Å². The second-order valence-electron chi connectivity index (χ2n) is 7.31. The molecule has 0 saturated carbocycles. The van der Waals surface area contributed by atoms with Gasteiger partial charge in [0.2, 0.25) is 0 Å². The molecule has 3 aromatic rings. The highest BCUT2D eigenvalue weighted by atomic mass is 16.5. The van der Waals surface area contributed by atoms with Gasteiger partial charge in [-0.15, -0.1) is 0 Å². The number of ether oxygens (including phenoxy) is 1. The Kier molecular flexibility index (Phi) is 5.33. The summed E-state index contributed by atoms with van der Waals surface area (Å²) in [5.41, 5.74) is 3.67. The summed E-state index contributed by atoms with van der Waals surface area (Å²) in [6.07, 6.45) is 0. The van der Waals surface area contributed by atoms with Crippen LogP contribution in [0.4, 0.5) is 11.4 Å². The van der Waals surface area contributed by atoms with Gasteiger partial charge < -0.3 is 20.5 Å². The molecular formula is C25H21N3O3. The lowest BCUT2D eigenvalue weighted by molar-refractivity contribution is -0.113. The summed E-state index contributed by atoms with van der Waals surface area (Å²) in [5.74, 6) is 1.20. The number of benzene rings is 3. The van der Waals surface area contributed by atoms with Gasteiger partial charge in [0, 0.05) is 17.3 Å². The summed E-state index contributed by atoms with van der Waals surface area (Å²) in [6.45, 7) is 3.36. The Bertz CT molecular complexity index is 1230. The summed E-state index contributed by atoms with van der Waals surface area (Å²) in [4.78, 5) is 12.5. The number of hydrogen-bond donors (Lipinski definition) is 3. The average molecular weight is 411 g/mol. The normalized spacial score (nSPS) is 15.1. The molecule has 0 aromatic heterocycles. The van der Waals surface area contributed by atoms with Gasteiger partial charge >= 0.3 is 0 Å². The number of para-hydroxylation sites is 1. The molecule has 1 aliphatic rings. The fraction of sp³-hybridized carbons (Fsp3) is 0.120. The van der Waals surface area contributed by atoms with E-state index in [0.717, 1.165) is 17.1 Å². The monoisotopic (exact) mass is 411 g/mol. The third kappa shape index (κ3) is 4.07. The number of nitriles is 1. The first-order chi connectivity index (χ1) is 15.0. The Morgan fingerprint density at radius 3 is 2.52 bits per heavy atom. The predicted octanol–water partition coefficient (Wildman–Crippen LogP) is 5.50. The zero-order valence-corrected chi connectivity index (χ0v) is 17.1. The van der Waals surface area contributed by atoms with Crippen LogP contribution in [0.5, 0.6) is 17.2 Å². The first-order valence-corrected chi connectivity index (χ1v) is 9.81. The van der Waals surface area contributed by atoms with Crippen molar-refractivity contribution in [3.8, 4) is 23.3 Å². The van der Waals surface area contributed by atoms with Gasteiger partial charge in [-0.1, -0.05) is 24.3 Å². The first kappa shape index (κ1) is 20.0. The number of Topliss-reactive ketones (excluding diaryl/α,β-unsaturated/α-hetero) is 1. The Morgan fingerprint density at radius 2 is 1.81 bits per heavy atom. The van der Waals surface area contributed by atoms with Gasteiger partial charge in [0.25, 0.3) is 0 Å². The predicted molar refractivity (Wildman–Crippen MR) is 119 cm³/mol. The zero-order chi connectivity index (χ0) is 22.0. The fourth-order valence-electron chi connectivity index (χ4n) is 3.69. The highest BCUT2D eigenvalue weighted by molar-refractivity contribution is 5.98. The number of anilines is 2. The minimum Gasteiger partial charge on any atom is -0.507 e. The molecule has 0 aliphatic carbocycles. The molecule has 154 valence electrons. The van der Waals surface area contributed by atoms with Crippen molar-refractivity contribution in [2.75, 3.05) is 10.6 Å². The molecule has 0 saturated heterocycles. The van der Waals surface area contributed by atoms with E-state index in [2.05, 4.69) is 10.6 Å². The minimum atomic E-state index is -0.486.